The lowest BCUT2D eigenvalue weighted by Crippen LogP contribution is -2.42. The highest BCUT2D eigenvalue weighted by Crippen LogP contribution is 2.03. The van der Waals surface area contributed by atoms with E-state index >= 15 is 0 Å². The molecule has 0 saturated heterocycles. The van der Waals surface area contributed by atoms with E-state index in [0.717, 1.165) is 5.56 Å². The second kappa shape index (κ2) is 6.35. The summed E-state index contributed by atoms with van der Waals surface area (Å²) in [5, 5.41) is 3.12. The Balaban J connectivity index is 2.45. The third-order valence-electron chi connectivity index (χ3n) is 2.75. The van der Waals surface area contributed by atoms with E-state index in [-0.39, 0.29) is 17.8 Å². The number of amides is 1. The molecule has 0 aromatic heterocycles. The molecular weight excluding hydrogens is 219 g/mol. The predicted octanol–water partition coefficient (Wildman–Crippen LogP) is 1.78. The standard InChI is InChI=1S/C13H19FN2O/c1-4-16(3)13(17)10(2)15-9-11-5-7-12(14)8-6-11/h5-8,10,15H,4,9H2,1-3H3. The molecule has 17 heavy (non-hydrogen) atoms. The number of carbonyl (C=O) groups is 1. The molecule has 0 aliphatic rings. The quantitative estimate of drug-likeness (QED) is 0.848. The van der Waals surface area contributed by atoms with Crippen molar-refractivity contribution in [3.05, 3.63) is 35.6 Å². The molecule has 4 heteroatoms. The van der Waals surface area contributed by atoms with Gasteiger partial charge in [-0.2, -0.15) is 0 Å². The lowest BCUT2D eigenvalue weighted by atomic mass is 10.2. The Morgan fingerprint density at radius 2 is 2.00 bits per heavy atom. The smallest absolute Gasteiger partial charge is 0.239 e. The fraction of sp³-hybridized carbons (Fsp3) is 0.462. The van der Waals surface area contributed by atoms with Gasteiger partial charge in [0.25, 0.3) is 0 Å². The summed E-state index contributed by atoms with van der Waals surface area (Å²) in [7, 11) is 1.78. The Morgan fingerprint density at radius 1 is 1.41 bits per heavy atom. The van der Waals surface area contributed by atoms with Crippen molar-refractivity contribution in [2.75, 3.05) is 13.6 Å². The van der Waals surface area contributed by atoms with Gasteiger partial charge in [-0.1, -0.05) is 12.1 Å². The summed E-state index contributed by atoms with van der Waals surface area (Å²) in [6.45, 7) is 5.02. The Morgan fingerprint density at radius 3 is 2.53 bits per heavy atom. The fourth-order valence-corrected chi connectivity index (χ4v) is 1.45. The van der Waals surface area contributed by atoms with Crippen molar-refractivity contribution < 1.29 is 9.18 Å². The second-order valence-corrected chi connectivity index (χ2v) is 4.08. The Hall–Kier alpha value is -1.42. The van der Waals surface area contributed by atoms with Crippen molar-refractivity contribution in [1.29, 1.82) is 0 Å². The number of carbonyl (C=O) groups excluding carboxylic acids is 1. The Labute approximate surface area is 102 Å². The normalized spacial score (nSPS) is 12.2. The highest BCUT2D eigenvalue weighted by Gasteiger charge is 2.15. The number of benzene rings is 1. The highest BCUT2D eigenvalue weighted by molar-refractivity contribution is 5.81. The van der Waals surface area contributed by atoms with Crippen molar-refractivity contribution in [3.63, 3.8) is 0 Å². The third kappa shape index (κ3) is 4.15. The molecule has 1 aromatic rings. The largest absolute Gasteiger partial charge is 0.345 e. The van der Waals surface area contributed by atoms with Crippen LogP contribution in [0.2, 0.25) is 0 Å². The first kappa shape index (κ1) is 13.6. The number of nitrogens with zero attached hydrogens (tertiary/aromatic N) is 1. The molecule has 0 saturated carbocycles. The third-order valence-corrected chi connectivity index (χ3v) is 2.75. The van der Waals surface area contributed by atoms with E-state index in [1.165, 1.54) is 12.1 Å². The zero-order valence-electron chi connectivity index (χ0n) is 10.5. The monoisotopic (exact) mass is 238 g/mol. The first-order chi connectivity index (χ1) is 8.04. The molecule has 94 valence electrons. The summed E-state index contributed by atoms with van der Waals surface area (Å²) < 4.78 is 12.7. The molecule has 1 aromatic carbocycles. The molecule has 0 fully saturated rings. The van der Waals surface area contributed by atoms with E-state index < -0.39 is 0 Å². The van der Waals surface area contributed by atoms with E-state index in [9.17, 15) is 9.18 Å². The molecule has 1 unspecified atom stereocenters. The van der Waals surface area contributed by atoms with Gasteiger partial charge in [-0.25, -0.2) is 4.39 Å². The summed E-state index contributed by atoms with van der Waals surface area (Å²) in [5.74, 6) is -0.182. The minimum atomic E-state index is -0.247. The molecule has 0 spiro atoms. The molecule has 0 heterocycles. The molecule has 1 amide bonds. The van der Waals surface area contributed by atoms with Crippen LogP contribution in [-0.2, 0) is 11.3 Å². The second-order valence-electron chi connectivity index (χ2n) is 4.08. The van der Waals surface area contributed by atoms with Gasteiger partial charge in [0.15, 0.2) is 0 Å². The van der Waals surface area contributed by atoms with Gasteiger partial charge in [-0.15, -0.1) is 0 Å². The summed E-state index contributed by atoms with van der Waals surface area (Å²) >= 11 is 0. The molecule has 1 rings (SSSR count). The summed E-state index contributed by atoms with van der Waals surface area (Å²) in [5.41, 5.74) is 0.963. The maximum absolute atomic E-state index is 12.7. The number of likely N-dealkylation sites (N-methyl/N-ethyl adjacent to an activating group) is 1. The van der Waals surface area contributed by atoms with Crippen LogP contribution >= 0.6 is 0 Å². The molecule has 0 radical (unpaired) electrons. The number of hydrogen-bond donors (Lipinski definition) is 1. The van der Waals surface area contributed by atoms with Crippen LogP contribution in [0.15, 0.2) is 24.3 Å². The van der Waals surface area contributed by atoms with E-state index in [1.807, 2.05) is 13.8 Å². The van der Waals surface area contributed by atoms with Crippen LogP contribution in [0.5, 0.6) is 0 Å². The number of hydrogen-bond acceptors (Lipinski definition) is 2. The molecule has 1 atom stereocenters. The van der Waals surface area contributed by atoms with Crippen molar-refractivity contribution in [2.45, 2.75) is 26.4 Å². The highest BCUT2D eigenvalue weighted by atomic mass is 19.1. The molecular formula is C13H19FN2O. The van der Waals surface area contributed by atoms with Gasteiger partial charge in [-0.05, 0) is 31.5 Å². The van der Waals surface area contributed by atoms with Crippen LogP contribution in [0, 0.1) is 5.82 Å². The Kier molecular flexibility index (Phi) is 5.10. The van der Waals surface area contributed by atoms with Gasteiger partial charge in [0.1, 0.15) is 5.82 Å². The van der Waals surface area contributed by atoms with Gasteiger partial charge in [-0.3, -0.25) is 4.79 Å². The lowest BCUT2D eigenvalue weighted by molar-refractivity contribution is -0.131. The average Bonchev–Trinajstić information content (AvgIpc) is 2.35. The molecule has 0 bridgehead atoms. The average molecular weight is 238 g/mol. The lowest BCUT2D eigenvalue weighted by Gasteiger charge is -2.20. The van der Waals surface area contributed by atoms with E-state index in [0.29, 0.717) is 13.1 Å². The van der Waals surface area contributed by atoms with Crippen LogP contribution in [0.25, 0.3) is 0 Å². The van der Waals surface area contributed by atoms with Gasteiger partial charge >= 0.3 is 0 Å². The predicted molar refractivity (Wildman–Crippen MR) is 66.0 cm³/mol. The van der Waals surface area contributed by atoms with Gasteiger partial charge in [0, 0.05) is 20.1 Å². The maximum atomic E-state index is 12.7. The fourth-order valence-electron chi connectivity index (χ4n) is 1.45. The minimum Gasteiger partial charge on any atom is -0.345 e. The van der Waals surface area contributed by atoms with Crippen LogP contribution in [0.1, 0.15) is 19.4 Å². The van der Waals surface area contributed by atoms with Crippen LogP contribution < -0.4 is 5.32 Å². The Bertz CT molecular complexity index is 364. The molecule has 1 N–H and O–H groups in total. The van der Waals surface area contributed by atoms with E-state index in [2.05, 4.69) is 5.32 Å². The first-order valence-corrected chi connectivity index (χ1v) is 5.77. The summed E-state index contributed by atoms with van der Waals surface area (Å²) in [6, 6.07) is 6.03. The zero-order valence-corrected chi connectivity index (χ0v) is 10.5. The van der Waals surface area contributed by atoms with Crippen molar-refractivity contribution in [3.8, 4) is 0 Å². The minimum absolute atomic E-state index is 0.0645. The summed E-state index contributed by atoms with van der Waals surface area (Å²) in [4.78, 5) is 13.4. The summed E-state index contributed by atoms with van der Waals surface area (Å²) in [6.07, 6.45) is 0. The molecule has 3 nitrogen and oxygen atoms in total. The first-order valence-electron chi connectivity index (χ1n) is 5.77. The van der Waals surface area contributed by atoms with Crippen molar-refractivity contribution in [2.24, 2.45) is 0 Å². The zero-order chi connectivity index (χ0) is 12.8. The maximum Gasteiger partial charge on any atom is 0.239 e. The molecule has 0 aliphatic carbocycles. The van der Waals surface area contributed by atoms with Crippen LogP contribution in [-0.4, -0.2) is 30.4 Å². The van der Waals surface area contributed by atoms with Gasteiger partial charge in [0.2, 0.25) is 5.91 Å². The van der Waals surface area contributed by atoms with E-state index in [4.69, 9.17) is 0 Å². The van der Waals surface area contributed by atoms with Crippen molar-refractivity contribution >= 4 is 5.91 Å². The van der Waals surface area contributed by atoms with Gasteiger partial charge in [0.05, 0.1) is 6.04 Å². The number of nitrogens with one attached hydrogen (secondary N) is 1. The van der Waals surface area contributed by atoms with Crippen LogP contribution in [0.3, 0.4) is 0 Å². The van der Waals surface area contributed by atoms with Gasteiger partial charge < -0.3 is 10.2 Å². The van der Waals surface area contributed by atoms with Crippen LogP contribution in [0.4, 0.5) is 4.39 Å². The number of halogens is 1. The van der Waals surface area contributed by atoms with E-state index in [1.54, 1.807) is 24.1 Å². The molecule has 0 aliphatic heterocycles. The number of rotatable bonds is 5. The topological polar surface area (TPSA) is 32.3 Å². The van der Waals surface area contributed by atoms with Crippen molar-refractivity contribution in [1.82, 2.24) is 10.2 Å². The SMILES string of the molecule is CCN(C)C(=O)C(C)NCc1ccc(F)cc1.